The number of halogens is 2. The number of benzene rings is 1. The first-order valence-corrected chi connectivity index (χ1v) is 6.94. The van der Waals surface area contributed by atoms with Gasteiger partial charge in [0.25, 0.3) is 0 Å². The molecule has 1 saturated heterocycles. The summed E-state index contributed by atoms with van der Waals surface area (Å²) in [6, 6.07) is 2.80. The molecule has 1 fully saturated rings. The molecule has 4 atom stereocenters. The molecule has 102 valence electrons. The fourth-order valence-corrected chi connectivity index (χ4v) is 3.52. The third-order valence-corrected chi connectivity index (χ3v) is 4.46. The normalized spacial score (nSPS) is 31.2. The van der Waals surface area contributed by atoms with E-state index in [1.54, 1.807) is 13.0 Å². The smallest absolute Gasteiger partial charge is 0.151 e. The highest BCUT2D eigenvalue weighted by molar-refractivity contribution is 7.18. The van der Waals surface area contributed by atoms with Gasteiger partial charge in [0.1, 0.15) is 28.8 Å². The minimum absolute atomic E-state index is 0.203. The van der Waals surface area contributed by atoms with E-state index in [9.17, 15) is 14.6 Å². The van der Waals surface area contributed by atoms with Crippen molar-refractivity contribution in [2.45, 2.75) is 31.3 Å². The van der Waals surface area contributed by atoms with Gasteiger partial charge >= 0.3 is 0 Å². The summed E-state index contributed by atoms with van der Waals surface area (Å²) in [5.41, 5.74) is 0.203. The van der Waals surface area contributed by atoms with Crippen molar-refractivity contribution in [2.75, 3.05) is 0 Å². The van der Waals surface area contributed by atoms with E-state index in [2.05, 4.69) is 4.98 Å². The number of aliphatic hydroxyl groups is 2. The summed E-state index contributed by atoms with van der Waals surface area (Å²) in [4.78, 5) is 4.14. The molecule has 1 aliphatic rings. The molecule has 0 bridgehead atoms. The number of nitrogens with zero attached hydrogens (tertiary/aromatic N) is 1. The molecule has 1 aliphatic heterocycles. The Morgan fingerprint density at radius 1 is 1.37 bits per heavy atom. The van der Waals surface area contributed by atoms with Gasteiger partial charge in [-0.15, -0.1) is 11.3 Å². The number of hydrogen-bond acceptors (Lipinski definition) is 5. The van der Waals surface area contributed by atoms with E-state index in [0.29, 0.717) is 14.7 Å². The second-order valence-corrected chi connectivity index (χ2v) is 6.03. The number of ether oxygens (including phenoxy) is 1. The van der Waals surface area contributed by atoms with Gasteiger partial charge < -0.3 is 14.9 Å². The maximum Gasteiger partial charge on any atom is 0.151 e. The van der Waals surface area contributed by atoms with Crippen molar-refractivity contribution in [2.24, 2.45) is 0 Å². The molecule has 0 amide bonds. The fraction of sp³-hybridized carbons (Fsp3) is 0.417. The zero-order chi connectivity index (χ0) is 13.7. The quantitative estimate of drug-likeness (QED) is 0.848. The van der Waals surface area contributed by atoms with Crippen molar-refractivity contribution in [1.29, 1.82) is 0 Å². The Hall–Kier alpha value is -0.790. The van der Waals surface area contributed by atoms with Crippen LogP contribution in [-0.4, -0.2) is 33.5 Å². The Morgan fingerprint density at radius 2 is 2.11 bits per heavy atom. The number of fused-ring (bicyclic) bond motifs is 1. The molecule has 19 heavy (non-hydrogen) atoms. The molecule has 3 rings (SSSR count). The average Bonchev–Trinajstić information content (AvgIpc) is 2.86. The summed E-state index contributed by atoms with van der Waals surface area (Å²) in [6.07, 6.45) is -3.25. The molecule has 4 nitrogen and oxygen atoms in total. The van der Waals surface area contributed by atoms with Crippen LogP contribution >= 0.6 is 22.9 Å². The third kappa shape index (κ3) is 2.13. The van der Waals surface area contributed by atoms with Crippen molar-refractivity contribution >= 4 is 33.2 Å². The lowest BCUT2D eigenvalue weighted by atomic mass is 10.1. The Morgan fingerprint density at radius 3 is 2.74 bits per heavy atom. The first-order chi connectivity index (χ1) is 8.97. The lowest BCUT2D eigenvalue weighted by Crippen LogP contribution is -2.28. The molecule has 2 heterocycles. The summed E-state index contributed by atoms with van der Waals surface area (Å²) in [7, 11) is 0. The maximum absolute atomic E-state index is 13.7. The minimum Gasteiger partial charge on any atom is -0.388 e. The van der Waals surface area contributed by atoms with E-state index < -0.39 is 30.2 Å². The zero-order valence-electron chi connectivity index (χ0n) is 9.88. The number of rotatable bonds is 1. The molecule has 7 heteroatoms. The van der Waals surface area contributed by atoms with Crippen molar-refractivity contribution in [1.82, 2.24) is 4.98 Å². The van der Waals surface area contributed by atoms with Gasteiger partial charge in [0.15, 0.2) is 5.82 Å². The first-order valence-electron chi connectivity index (χ1n) is 5.74. The number of hydrogen-bond donors (Lipinski definition) is 2. The Kier molecular flexibility index (Phi) is 3.23. The second kappa shape index (κ2) is 4.64. The van der Waals surface area contributed by atoms with E-state index in [0.717, 1.165) is 0 Å². The van der Waals surface area contributed by atoms with Crippen LogP contribution in [0.25, 0.3) is 10.2 Å². The topological polar surface area (TPSA) is 62.6 Å². The highest BCUT2D eigenvalue weighted by atomic mass is 35.5. The summed E-state index contributed by atoms with van der Waals surface area (Å²) >= 11 is 6.99. The van der Waals surface area contributed by atoms with Crippen LogP contribution in [0.1, 0.15) is 18.0 Å². The first kappa shape index (κ1) is 13.2. The van der Waals surface area contributed by atoms with Crippen LogP contribution in [0.2, 0.25) is 5.02 Å². The van der Waals surface area contributed by atoms with Gasteiger partial charge in [-0.1, -0.05) is 11.6 Å². The van der Waals surface area contributed by atoms with Gasteiger partial charge in [-0.25, -0.2) is 9.37 Å². The predicted molar refractivity (Wildman–Crippen MR) is 69.9 cm³/mol. The van der Waals surface area contributed by atoms with Crippen LogP contribution < -0.4 is 0 Å². The van der Waals surface area contributed by atoms with Crippen molar-refractivity contribution in [3.63, 3.8) is 0 Å². The van der Waals surface area contributed by atoms with Gasteiger partial charge in [-0.3, -0.25) is 0 Å². The van der Waals surface area contributed by atoms with Crippen LogP contribution in [-0.2, 0) is 4.74 Å². The molecule has 0 aliphatic carbocycles. The van der Waals surface area contributed by atoms with Crippen molar-refractivity contribution < 1.29 is 19.3 Å². The van der Waals surface area contributed by atoms with E-state index in [-0.39, 0.29) is 5.52 Å². The SMILES string of the molecule is CC1OC(c2nc3c(F)cc(Cl)cc3s2)C(O)C1O. The minimum atomic E-state index is -1.06. The fourth-order valence-electron chi connectivity index (χ4n) is 2.15. The van der Waals surface area contributed by atoms with E-state index >= 15 is 0 Å². The van der Waals surface area contributed by atoms with E-state index in [1.807, 2.05) is 0 Å². The molecular weight excluding hydrogens is 293 g/mol. The highest BCUT2D eigenvalue weighted by Crippen LogP contribution is 2.38. The average molecular weight is 304 g/mol. The zero-order valence-corrected chi connectivity index (χ0v) is 11.5. The Labute approximate surface area is 117 Å². The van der Waals surface area contributed by atoms with Crippen molar-refractivity contribution in [3.05, 3.63) is 28.0 Å². The number of aliphatic hydroxyl groups excluding tert-OH is 2. The molecular formula is C12H11ClFNO3S. The van der Waals surface area contributed by atoms with E-state index in [4.69, 9.17) is 16.3 Å². The van der Waals surface area contributed by atoms with Gasteiger partial charge in [-0.2, -0.15) is 0 Å². The van der Waals surface area contributed by atoms with Gasteiger partial charge in [0.2, 0.25) is 0 Å². The lowest BCUT2D eigenvalue weighted by Gasteiger charge is -2.11. The summed E-state index contributed by atoms with van der Waals surface area (Å²) in [6.45, 7) is 1.67. The van der Waals surface area contributed by atoms with Gasteiger partial charge in [-0.05, 0) is 19.1 Å². The standard InChI is InChI=1S/C12H11ClFNO3S/c1-4-9(16)10(17)11(18-4)12-15-8-6(14)2-5(13)3-7(8)19-12/h2-4,9-11,16-17H,1H3. The molecule has 0 spiro atoms. The lowest BCUT2D eigenvalue weighted by molar-refractivity contribution is 0.0151. The molecule has 1 aromatic carbocycles. The molecule has 0 saturated carbocycles. The monoisotopic (exact) mass is 303 g/mol. The highest BCUT2D eigenvalue weighted by Gasteiger charge is 2.42. The largest absolute Gasteiger partial charge is 0.388 e. The Balaban J connectivity index is 2.05. The van der Waals surface area contributed by atoms with Crippen LogP contribution in [0.3, 0.4) is 0 Å². The molecule has 4 unspecified atom stereocenters. The molecule has 2 N–H and O–H groups in total. The molecule has 1 aromatic heterocycles. The van der Waals surface area contributed by atoms with Gasteiger partial charge in [0.05, 0.1) is 10.8 Å². The third-order valence-electron chi connectivity index (χ3n) is 3.18. The molecule has 2 aromatic rings. The van der Waals surface area contributed by atoms with Crippen molar-refractivity contribution in [3.8, 4) is 0 Å². The maximum atomic E-state index is 13.7. The summed E-state index contributed by atoms with van der Waals surface area (Å²) < 4.78 is 19.8. The van der Waals surface area contributed by atoms with Crippen LogP contribution in [0.4, 0.5) is 4.39 Å². The summed E-state index contributed by atoms with van der Waals surface area (Å²) in [5, 5.41) is 20.3. The number of thiazole rings is 1. The van der Waals surface area contributed by atoms with Crippen LogP contribution in [0.15, 0.2) is 12.1 Å². The summed E-state index contributed by atoms with van der Waals surface area (Å²) in [5.74, 6) is -0.508. The Bertz CT molecular complexity index is 635. The van der Waals surface area contributed by atoms with Crippen LogP contribution in [0.5, 0.6) is 0 Å². The van der Waals surface area contributed by atoms with Crippen LogP contribution in [0, 0.1) is 5.82 Å². The van der Waals surface area contributed by atoms with Gasteiger partial charge in [0, 0.05) is 5.02 Å². The van der Waals surface area contributed by atoms with E-state index in [1.165, 1.54) is 17.4 Å². The predicted octanol–water partition coefficient (Wildman–Crippen LogP) is 2.27. The number of aromatic nitrogens is 1. The second-order valence-electron chi connectivity index (χ2n) is 4.53. The molecule has 0 radical (unpaired) electrons.